The zero-order chi connectivity index (χ0) is 17.7. The molecule has 2 rings (SSSR count). The van der Waals surface area contributed by atoms with Gasteiger partial charge in [0, 0.05) is 11.3 Å². The molecule has 1 amide bonds. The number of carbonyl (C=O) groups excluding carboxylic acids is 2. The van der Waals surface area contributed by atoms with Gasteiger partial charge >= 0.3 is 0 Å². The number of aryl methyl sites for hydroxylation is 2. The summed E-state index contributed by atoms with van der Waals surface area (Å²) in [5.41, 5.74) is 3.24. The van der Waals surface area contributed by atoms with Crippen molar-refractivity contribution in [2.24, 2.45) is 0 Å². The van der Waals surface area contributed by atoms with Crippen molar-refractivity contribution in [3.63, 3.8) is 0 Å². The number of halogens is 1. The molecule has 1 N–H and O–H groups in total. The maximum Gasteiger partial charge on any atom is 0.262 e. The largest absolute Gasteiger partial charge is 0.493 e. The fourth-order valence-electron chi connectivity index (χ4n) is 2.14. The highest BCUT2D eigenvalue weighted by Crippen LogP contribution is 2.36. The first-order valence-corrected chi connectivity index (χ1v) is 8.06. The Labute approximate surface area is 149 Å². The Kier molecular flexibility index (Phi) is 5.98. The number of aldehydes is 1. The highest BCUT2D eigenvalue weighted by Gasteiger charge is 2.14. The number of carbonyl (C=O) groups is 2. The Morgan fingerprint density at radius 1 is 1.25 bits per heavy atom. The van der Waals surface area contributed by atoms with Gasteiger partial charge in [-0.05, 0) is 59.1 Å². The van der Waals surface area contributed by atoms with Crippen molar-refractivity contribution in [2.45, 2.75) is 13.8 Å². The average molecular weight is 392 g/mol. The number of benzene rings is 2. The van der Waals surface area contributed by atoms with Crippen LogP contribution >= 0.6 is 15.9 Å². The highest BCUT2D eigenvalue weighted by molar-refractivity contribution is 9.10. The van der Waals surface area contributed by atoms with Crippen LogP contribution in [-0.2, 0) is 4.79 Å². The summed E-state index contributed by atoms with van der Waals surface area (Å²) >= 11 is 3.32. The minimum atomic E-state index is -0.280. The van der Waals surface area contributed by atoms with Crippen molar-refractivity contribution in [1.82, 2.24) is 0 Å². The van der Waals surface area contributed by atoms with Gasteiger partial charge in [0.15, 0.2) is 18.1 Å². The first-order chi connectivity index (χ1) is 11.4. The number of ether oxygens (including phenoxy) is 2. The third kappa shape index (κ3) is 4.35. The van der Waals surface area contributed by atoms with Crippen LogP contribution in [0.4, 0.5) is 5.69 Å². The molecular formula is C18H18BrNO4. The summed E-state index contributed by atoms with van der Waals surface area (Å²) in [7, 11) is 1.47. The predicted octanol–water partition coefficient (Wildman–Crippen LogP) is 3.90. The number of methoxy groups -OCH3 is 1. The summed E-state index contributed by atoms with van der Waals surface area (Å²) in [6, 6.07) is 8.99. The smallest absolute Gasteiger partial charge is 0.262 e. The van der Waals surface area contributed by atoms with E-state index in [0.717, 1.165) is 16.8 Å². The average Bonchev–Trinajstić information content (AvgIpc) is 2.56. The van der Waals surface area contributed by atoms with Crippen molar-refractivity contribution in [1.29, 1.82) is 0 Å². The lowest BCUT2D eigenvalue weighted by molar-refractivity contribution is -0.118. The molecule has 2 aromatic carbocycles. The second-order valence-electron chi connectivity index (χ2n) is 5.31. The van der Waals surface area contributed by atoms with Crippen LogP contribution in [0.2, 0.25) is 0 Å². The minimum Gasteiger partial charge on any atom is -0.493 e. The molecule has 0 fully saturated rings. The summed E-state index contributed by atoms with van der Waals surface area (Å²) in [5, 5.41) is 2.82. The third-order valence-electron chi connectivity index (χ3n) is 3.40. The van der Waals surface area contributed by atoms with Gasteiger partial charge in [-0.2, -0.15) is 0 Å². The molecule has 0 saturated carbocycles. The van der Waals surface area contributed by atoms with Gasteiger partial charge in [-0.25, -0.2) is 0 Å². The summed E-state index contributed by atoms with van der Waals surface area (Å²) < 4.78 is 11.3. The molecule has 0 spiro atoms. The van der Waals surface area contributed by atoms with E-state index in [0.29, 0.717) is 27.8 Å². The minimum absolute atomic E-state index is 0.178. The molecule has 0 saturated heterocycles. The van der Waals surface area contributed by atoms with Gasteiger partial charge < -0.3 is 14.8 Å². The van der Waals surface area contributed by atoms with E-state index in [9.17, 15) is 9.59 Å². The molecule has 0 aromatic heterocycles. The van der Waals surface area contributed by atoms with E-state index in [4.69, 9.17) is 9.47 Å². The van der Waals surface area contributed by atoms with Gasteiger partial charge in [-0.15, -0.1) is 0 Å². The standard InChI is InChI=1S/C18H18BrNO4/c1-11-4-5-12(2)15(6-11)20-17(22)10-24-18-14(19)7-13(9-21)8-16(18)23-3/h4-9H,10H2,1-3H3,(H,20,22). The zero-order valence-corrected chi connectivity index (χ0v) is 15.3. The number of nitrogens with one attached hydrogen (secondary N) is 1. The van der Waals surface area contributed by atoms with Crippen molar-refractivity contribution >= 4 is 33.8 Å². The maximum atomic E-state index is 12.1. The molecule has 0 radical (unpaired) electrons. The number of amides is 1. The van der Waals surface area contributed by atoms with Crippen LogP contribution in [0.15, 0.2) is 34.8 Å². The summed E-state index contributed by atoms with van der Waals surface area (Å²) in [6.07, 6.45) is 0.713. The van der Waals surface area contributed by atoms with E-state index in [1.165, 1.54) is 7.11 Å². The lowest BCUT2D eigenvalue weighted by Gasteiger charge is -2.14. The van der Waals surface area contributed by atoms with Crippen molar-refractivity contribution in [3.8, 4) is 11.5 Å². The molecule has 0 atom stereocenters. The quantitative estimate of drug-likeness (QED) is 0.758. The van der Waals surface area contributed by atoms with Crippen molar-refractivity contribution in [2.75, 3.05) is 19.0 Å². The molecule has 2 aromatic rings. The maximum absolute atomic E-state index is 12.1. The molecule has 0 aliphatic heterocycles. The van der Waals surface area contributed by atoms with Crippen LogP contribution in [0.25, 0.3) is 0 Å². The summed E-state index contributed by atoms with van der Waals surface area (Å²) in [5.74, 6) is 0.474. The van der Waals surface area contributed by atoms with Gasteiger partial charge in [0.1, 0.15) is 6.29 Å². The lowest BCUT2D eigenvalue weighted by Crippen LogP contribution is -2.21. The van der Waals surface area contributed by atoms with Gasteiger partial charge in [-0.3, -0.25) is 9.59 Å². The molecule has 0 heterocycles. The Morgan fingerprint density at radius 3 is 2.67 bits per heavy atom. The molecule has 24 heavy (non-hydrogen) atoms. The first-order valence-electron chi connectivity index (χ1n) is 7.27. The van der Waals surface area contributed by atoms with Crippen LogP contribution in [0.3, 0.4) is 0 Å². The zero-order valence-electron chi connectivity index (χ0n) is 13.7. The molecule has 6 heteroatoms. The molecule has 126 valence electrons. The normalized spacial score (nSPS) is 10.2. The third-order valence-corrected chi connectivity index (χ3v) is 3.99. The summed E-state index contributed by atoms with van der Waals surface area (Å²) in [4.78, 5) is 23.0. The number of hydrogen-bond acceptors (Lipinski definition) is 4. The Balaban J connectivity index is 2.09. The highest BCUT2D eigenvalue weighted by atomic mass is 79.9. The van der Waals surface area contributed by atoms with E-state index in [2.05, 4.69) is 21.2 Å². The monoisotopic (exact) mass is 391 g/mol. The van der Waals surface area contributed by atoms with Crippen molar-refractivity contribution in [3.05, 3.63) is 51.5 Å². The van der Waals surface area contributed by atoms with Gasteiger partial charge in [0.25, 0.3) is 5.91 Å². The molecule has 0 unspecified atom stereocenters. The lowest BCUT2D eigenvalue weighted by atomic mass is 10.1. The number of anilines is 1. The summed E-state index contributed by atoms with van der Waals surface area (Å²) in [6.45, 7) is 3.71. The predicted molar refractivity (Wildman–Crippen MR) is 96.1 cm³/mol. The fourth-order valence-corrected chi connectivity index (χ4v) is 2.72. The Morgan fingerprint density at radius 2 is 2.00 bits per heavy atom. The van der Waals surface area contributed by atoms with Crippen LogP contribution in [0.5, 0.6) is 11.5 Å². The van der Waals surface area contributed by atoms with Crippen LogP contribution in [0.1, 0.15) is 21.5 Å². The van der Waals surface area contributed by atoms with E-state index >= 15 is 0 Å². The molecule has 0 aliphatic carbocycles. The molecule has 5 nitrogen and oxygen atoms in total. The topological polar surface area (TPSA) is 64.6 Å². The molecule has 0 aliphatic rings. The van der Waals surface area contributed by atoms with Gasteiger partial charge in [-0.1, -0.05) is 12.1 Å². The van der Waals surface area contributed by atoms with Gasteiger partial charge in [0.2, 0.25) is 0 Å². The Hall–Kier alpha value is -2.34. The second kappa shape index (κ2) is 7.97. The van der Waals surface area contributed by atoms with Crippen LogP contribution < -0.4 is 14.8 Å². The van der Waals surface area contributed by atoms with E-state index in [1.54, 1.807) is 12.1 Å². The SMILES string of the molecule is COc1cc(C=O)cc(Br)c1OCC(=O)Nc1cc(C)ccc1C. The van der Waals surface area contributed by atoms with E-state index in [-0.39, 0.29) is 12.5 Å². The molecule has 0 bridgehead atoms. The first kappa shape index (κ1) is 18.0. The van der Waals surface area contributed by atoms with Crippen LogP contribution in [-0.4, -0.2) is 25.9 Å². The van der Waals surface area contributed by atoms with Crippen LogP contribution in [0, 0.1) is 13.8 Å². The number of rotatable bonds is 6. The number of hydrogen-bond donors (Lipinski definition) is 1. The van der Waals surface area contributed by atoms with E-state index < -0.39 is 0 Å². The second-order valence-corrected chi connectivity index (χ2v) is 6.16. The Bertz CT molecular complexity index is 774. The molecular weight excluding hydrogens is 374 g/mol. The van der Waals surface area contributed by atoms with E-state index in [1.807, 2.05) is 32.0 Å². The fraction of sp³-hybridized carbons (Fsp3) is 0.222. The van der Waals surface area contributed by atoms with Gasteiger partial charge in [0.05, 0.1) is 11.6 Å². The van der Waals surface area contributed by atoms with Crippen molar-refractivity contribution < 1.29 is 19.1 Å².